The molecule has 4 fully saturated rings. The number of halogens is 12. The molecule has 4 saturated heterocycles. The number of hydrogen-bond acceptors (Lipinski definition) is 24. The highest BCUT2D eigenvalue weighted by atomic mass is 32.2. The van der Waals surface area contributed by atoms with Gasteiger partial charge in [-0.3, -0.25) is 24.5 Å². The van der Waals surface area contributed by atoms with E-state index in [1.54, 1.807) is 23.9 Å². The van der Waals surface area contributed by atoms with Gasteiger partial charge in [0.1, 0.15) is 0 Å². The van der Waals surface area contributed by atoms with Crippen molar-refractivity contribution >= 4 is 92.5 Å². The Balaban J connectivity index is 0.000000157. The summed E-state index contributed by atoms with van der Waals surface area (Å²) in [6.07, 6.45) is -14.1. The van der Waals surface area contributed by atoms with Gasteiger partial charge >= 0.3 is 24.7 Å². The van der Waals surface area contributed by atoms with Gasteiger partial charge < -0.3 is 72.9 Å². The number of para-hydroxylation sites is 4. The van der Waals surface area contributed by atoms with Gasteiger partial charge in [0, 0.05) is 210 Å². The Kier molecular flexibility index (Phi) is 42.5. The fraction of sp³-hybridized carbons (Fsp3) is 0.534. The summed E-state index contributed by atoms with van der Waals surface area (Å²) in [6, 6.07) is 47.1. The van der Waals surface area contributed by atoms with Crippen LogP contribution in [-0.2, 0) is 53.1 Å². The number of piperazine rings is 4. The van der Waals surface area contributed by atoms with Gasteiger partial charge in [0.05, 0.1) is 153 Å². The molecular formula is C103H134F12N12O8S4. The Labute approximate surface area is 828 Å². The molecule has 0 saturated carbocycles. The van der Waals surface area contributed by atoms with Crippen LogP contribution >= 0.6 is 47.0 Å². The predicted octanol–water partition coefficient (Wildman–Crippen LogP) is 20.6. The van der Waals surface area contributed by atoms with Crippen molar-refractivity contribution in [1.82, 2.24) is 39.2 Å². The molecule has 8 aliphatic rings. The van der Waals surface area contributed by atoms with Gasteiger partial charge in [0.2, 0.25) is 0 Å². The lowest BCUT2D eigenvalue weighted by Crippen LogP contribution is -2.50. The number of nitrogens with zero attached hydrogens (tertiary/aromatic N) is 12. The zero-order valence-corrected chi connectivity index (χ0v) is 83.3. The number of aliphatic hydroxyl groups is 2. The molecule has 0 radical (unpaired) electrons. The molecule has 8 aromatic rings. The summed E-state index contributed by atoms with van der Waals surface area (Å²) in [5.74, 6) is 0. The Morgan fingerprint density at radius 2 is 0.468 bits per heavy atom. The molecule has 0 aromatic heterocycles. The molecule has 36 heteroatoms. The first-order chi connectivity index (χ1) is 67.1. The van der Waals surface area contributed by atoms with Crippen LogP contribution in [0.1, 0.15) is 82.1 Å². The van der Waals surface area contributed by atoms with Gasteiger partial charge in [-0.2, -0.15) is 52.7 Å². The average Bonchev–Trinajstić information content (AvgIpc) is 0.783. The lowest BCUT2D eigenvalue weighted by molar-refractivity contribution is -0.138. The quantitative estimate of drug-likeness (QED) is 0.0278. The minimum atomic E-state index is -4.42. The lowest BCUT2D eigenvalue weighted by Gasteiger charge is -2.38. The van der Waals surface area contributed by atoms with E-state index in [4.69, 9.17) is 28.4 Å². The summed E-state index contributed by atoms with van der Waals surface area (Å²) in [5, 5.41) is 22.0. The van der Waals surface area contributed by atoms with Crippen molar-refractivity contribution in [3.8, 4) is 0 Å². The number of alkyl halides is 12. The summed E-state index contributed by atoms with van der Waals surface area (Å²) in [7, 11) is 0. The van der Waals surface area contributed by atoms with Crippen LogP contribution in [0.2, 0.25) is 0 Å². The van der Waals surface area contributed by atoms with E-state index in [0.717, 1.165) is 277 Å². The normalized spacial score (nSPS) is 17.4. The van der Waals surface area contributed by atoms with E-state index in [9.17, 15) is 62.9 Å². The molecule has 2 unspecified atom stereocenters. The van der Waals surface area contributed by atoms with Gasteiger partial charge in [0.15, 0.2) is 0 Å². The number of β-amino-alcohol motifs (C(OH)–C–C–N with tert-alkyl or cyclic N) is 2. The van der Waals surface area contributed by atoms with Gasteiger partial charge in [0.25, 0.3) is 0 Å². The van der Waals surface area contributed by atoms with Gasteiger partial charge in [-0.25, -0.2) is 0 Å². The van der Waals surface area contributed by atoms with E-state index in [2.05, 4.69) is 76.7 Å². The Morgan fingerprint density at radius 1 is 0.245 bits per heavy atom. The summed E-state index contributed by atoms with van der Waals surface area (Å²) in [4.78, 5) is 34.1. The highest BCUT2D eigenvalue weighted by molar-refractivity contribution is 8.00. The summed E-state index contributed by atoms with van der Waals surface area (Å²) in [5.41, 5.74) is 3.38. The summed E-state index contributed by atoms with van der Waals surface area (Å²) >= 11 is 6.00. The van der Waals surface area contributed by atoms with E-state index in [0.29, 0.717) is 102 Å². The van der Waals surface area contributed by atoms with Crippen molar-refractivity contribution in [2.24, 2.45) is 0 Å². The van der Waals surface area contributed by atoms with Crippen LogP contribution in [0.3, 0.4) is 0 Å². The molecule has 139 heavy (non-hydrogen) atoms. The standard InChI is InChI=1S/2C27H36F3N3O3S.C27H36F3N3O2S.C22H26F3N3S/c2*1-2-14-35-16-17-36-15-13-31-9-11-32(12-10-31)19-22(34)20-33-23-5-3-4-6-25(23)37-26-8-7-21(18-24(26)33)27(28,29)30;1-2-17-34-19-20-35-18-16-32-14-12-31(13-15-32)10-5-11-33-23-6-3-4-7-25(23)36-26-9-8-22(21-24(26)33)27(28,29)30;1-2-26-12-14-27(15-13-26)10-5-11-28-18-6-3-4-7-20(18)29-21-9-8-17(16-19(21)28)22(23,24)25/h2*3-8,18,22,34H,2,9-17,19-20H2,1H3;3-4,6-9,21H,2,5,10-20H2,1H3;3-4,6-9,16H,2,5,10-15H2,1H3. The summed E-state index contributed by atoms with van der Waals surface area (Å²) < 4.78 is 194. The van der Waals surface area contributed by atoms with Crippen molar-refractivity contribution in [2.75, 3.05) is 282 Å². The molecule has 0 spiro atoms. The second-order valence-electron chi connectivity index (χ2n) is 35.5. The van der Waals surface area contributed by atoms with Gasteiger partial charge in [-0.05, 0) is 173 Å². The minimum Gasteiger partial charge on any atom is -0.390 e. The van der Waals surface area contributed by atoms with E-state index in [-0.39, 0.29) is 13.1 Å². The molecule has 16 rings (SSSR count). The molecule has 8 aliphatic heterocycles. The SMILES string of the molecule is CCCOCCOCCN1CCN(CC(O)CN2c3ccccc3Sc3ccc(C(F)(F)F)cc32)CC1.CCCOCCOCCN1CCN(CC(O)CN2c3ccccc3Sc3ccc(C(F)(F)F)cc32)CC1.CCCOCCOCCN1CCN(CCCN2c3ccccc3Sc3ccc(C(F)(F)F)cc32)CC1.CCN1CCN(CCCN2c3ccccc3Sc3ccc(C(F)(F)F)cc32)CC1. The Morgan fingerprint density at radius 3 is 0.727 bits per heavy atom. The summed E-state index contributed by atoms with van der Waals surface area (Å²) in [6.45, 7) is 40.3. The van der Waals surface area contributed by atoms with Gasteiger partial charge in [-0.15, -0.1) is 0 Å². The number of benzene rings is 8. The monoisotopic (exact) mass is 2020 g/mol. The minimum absolute atomic E-state index is 0.222. The maximum Gasteiger partial charge on any atom is 0.416 e. The number of hydrogen-bond donors (Lipinski definition) is 2. The van der Waals surface area contributed by atoms with Crippen LogP contribution < -0.4 is 19.6 Å². The topological polar surface area (TPSA) is 135 Å². The number of aliphatic hydroxyl groups excluding tert-OH is 2. The van der Waals surface area contributed by atoms with E-state index in [1.165, 1.54) is 83.8 Å². The molecule has 8 aromatic carbocycles. The maximum atomic E-state index is 13.4. The first kappa shape index (κ1) is 109. The second kappa shape index (κ2) is 54.2. The predicted molar refractivity (Wildman–Crippen MR) is 530 cm³/mol. The fourth-order valence-corrected chi connectivity index (χ4v) is 22.2. The Bertz CT molecular complexity index is 4890. The first-order valence-electron chi connectivity index (χ1n) is 48.7. The molecule has 0 aliphatic carbocycles. The van der Waals surface area contributed by atoms with Crippen LogP contribution in [0.5, 0.6) is 0 Å². The number of likely N-dealkylation sites (N-methyl/N-ethyl adjacent to an activating group) is 1. The molecule has 762 valence electrons. The van der Waals surface area contributed by atoms with Crippen molar-refractivity contribution in [3.63, 3.8) is 0 Å². The Hall–Kier alpha value is -7.12. The molecule has 0 bridgehead atoms. The molecule has 2 N–H and O–H groups in total. The van der Waals surface area contributed by atoms with Crippen LogP contribution in [-0.4, -0.2) is 324 Å². The van der Waals surface area contributed by atoms with Crippen molar-refractivity contribution < 1.29 is 91.3 Å². The third-order valence-corrected chi connectivity index (χ3v) is 29.9. The molecule has 8 heterocycles. The van der Waals surface area contributed by atoms with E-state index in [1.807, 2.05) is 107 Å². The maximum absolute atomic E-state index is 13.4. The lowest BCUT2D eigenvalue weighted by atomic mass is 10.1. The smallest absolute Gasteiger partial charge is 0.390 e. The van der Waals surface area contributed by atoms with Crippen LogP contribution in [0.25, 0.3) is 0 Å². The van der Waals surface area contributed by atoms with Crippen LogP contribution in [0.4, 0.5) is 98.2 Å². The van der Waals surface area contributed by atoms with Crippen LogP contribution in [0, 0.1) is 0 Å². The second-order valence-corrected chi connectivity index (χ2v) is 39.8. The molecule has 20 nitrogen and oxygen atoms in total. The molecular weight excluding hydrogens is 1890 g/mol. The average molecular weight is 2020 g/mol. The number of ether oxygens (including phenoxy) is 6. The van der Waals surface area contributed by atoms with Crippen molar-refractivity contribution in [3.05, 3.63) is 192 Å². The number of anilines is 8. The number of rotatable bonds is 41. The largest absolute Gasteiger partial charge is 0.416 e. The van der Waals surface area contributed by atoms with Crippen LogP contribution in [0.15, 0.2) is 209 Å². The number of fused-ring (bicyclic) bond motifs is 8. The highest BCUT2D eigenvalue weighted by Crippen LogP contribution is 2.55. The molecule has 2 atom stereocenters. The first-order valence-corrected chi connectivity index (χ1v) is 52.0. The van der Waals surface area contributed by atoms with Crippen molar-refractivity contribution in [2.45, 2.75) is 136 Å². The van der Waals surface area contributed by atoms with E-state index < -0.39 is 59.2 Å². The van der Waals surface area contributed by atoms with Crippen molar-refractivity contribution in [1.29, 1.82) is 0 Å². The molecule has 0 amide bonds. The third-order valence-electron chi connectivity index (χ3n) is 25.4. The third kappa shape index (κ3) is 32.7. The zero-order valence-electron chi connectivity index (χ0n) is 80.0. The van der Waals surface area contributed by atoms with Gasteiger partial charge in [-0.1, -0.05) is 123 Å². The fourth-order valence-electron chi connectivity index (χ4n) is 17.9. The van der Waals surface area contributed by atoms with E-state index >= 15 is 0 Å². The zero-order chi connectivity index (χ0) is 98.3. The highest BCUT2D eigenvalue weighted by Gasteiger charge is 2.40.